The van der Waals surface area contributed by atoms with E-state index in [9.17, 15) is 4.79 Å². The smallest absolute Gasteiger partial charge is 0.335 e. The summed E-state index contributed by atoms with van der Waals surface area (Å²) >= 11 is 0. The van der Waals surface area contributed by atoms with Crippen LogP contribution in [0.25, 0.3) is 10.9 Å². The number of anilines is 2. The highest BCUT2D eigenvalue weighted by Gasteiger charge is 2.07. The van der Waals surface area contributed by atoms with Gasteiger partial charge in [0.15, 0.2) is 0 Å². The van der Waals surface area contributed by atoms with Crippen LogP contribution < -0.4 is 5.32 Å². The highest BCUT2D eigenvalue weighted by molar-refractivity contribution is 5.89. The number of aromatic nitrogens is 1. The molecule has 0 atom stereocenters. The molecule has 110 valence electrons. The molecule has 4 heteroatoms. The number of aryl methyl sites for hydroxylation is 2. The van der Waals surface area contributed by atoms with Crippen LogP contribution in [-0.4, -0.2) is 16.1 Å². The summed E-state index contributed by atoms with van der Waals surface area (Å²) in [6, 6.07) is 14.9. The predicted octanol–water partition coefficient (Wildman–Crippen LogP) is 4.29. The lowest BCUT2D eigenvalue weighted by atomic mass is 10.1. The van der Waals surface area contributed by atoms with E-state index in [-0.39, 0.29) is 5.56 Å². The second-order valence-corrected chi connectivity index (χ2v) is 5.36. The molecule has 3 rings (SSSR count). The van der Waals surface area contributed by atoms with Crippen molar-refractivity contribution < 1.29 is 9.90 Å². The molecule has 1 heterocycles. The molecule has 1 aromatic heterocycles. The second kappa shape index (κ2) is 5.48. The van der Waals surface area contributed by atoms with E-state index in [2.05, 4.69) is 28.5 Å². The Kier molecular flexibility index (Phi) is 3.51. The highest BCUT2D eigenvalue weighted by atomic mass is 16.4. The molecular weight excluding hydrogens is 276 g/mol. The van der Waals surface area contributed by atoms with E-state index < -0.39 is 5.97 Å². The summed E-state index contributed by atoms with van der Waals surface area (Å²) in [4.78, 5) is 15.7. The van der Waals surface area contributed by atoms with Crippen LogP contribution in [-0.2, 0) is 0 Å². The zero-order chi connectivity index (χ0) is 15.7. The summed E-state index contributed by atoms with van der Waals surface area (Å²) in [6.07, 6.45) is 0. The molecule has 0 saturated heterocycles. The topological polar surface area (TPSA) is 62.2 Å². The fourth-order valence-corrected chi connectivity index (χ4v) is 2.38. The molecule has 2 N–H and O–H groups in total. The first-order chi connectivity index (χ1) is 10.5. The van der Waals surface area contributed by atoms with Gasteiger partial charge in [-0.3, -0.25) is 0 Å². The Morgan fingerprint density at radius 3 is 2.68 bits per heavy atom. The van der Waals surface area contributed by atoms with Crippen LogP contribution in [0.15, 0.2) is 48.5 Å². The Morgan fingerprint density at radius 1 is 1.09 bits per heavy atom. The quantitative estimate of drug-likeness (QED) is 0.755. The zero-order valence-corrected chi connectivity index (χ0v) is 12.4. The predicted molar refractivity (Wildman–Crippen MR) is 87.9 cm³/mol. The van der Waals surface area contributed by atoms with Crippen LogP contribution >= 0.6 is 0 Å². The van der Waals surface area contributed by atoms with Gasteiger partial charge in [0, 0.05) is 11.1 Å². The number of carboxylic acids is 1. The van der Waals surface area contributed by atoms with Gasteiger partial charge in [-0.25, -0.2) is 9.78 Å². The van der Waals surface area contributed by atoms with Crippen molar-refractivity contribution in [3.63, 3.8) is 0 Å². The first-order valence-electron chi connectivity index (χ1n) is 7.01. The average Bonchev–Trinajstić information content (AvgIpc) is 2.49. The molecule has 2 aromatic carbocycles. The lowest BCUT2D eigenvalue weighted by Gasteiger charge is -2.11. The number of benzene rings is 2. The van der Waals surface area contributed by atoms with E-state index in [4.69, 9.17) is 5.11 Å². The number of rotatable bonds is 3. The van der Waals surface area contributed by atoms with Gasteiger partial charge in [-0.05, 0) is 55.3 Å². The van der Waals surface area contributed by atoms with Gasteiger partial charge in [0.05, 0.1) is 11.1 Å². The molecule has 0 fully saturated rings. The fourth-order valence-electron chi connectivity index (χ4n) is 2.38. The molecule has 0 saturated carbocycles. The third kappa shape index (κ3) is 2.76. The number of nitrogens with zero attached hydrogens (tertiary/aromatic N) is 1. The maximum Gasteiger partial charge on any atom is 0.335 e. The van der Waals surface area contributed by atoms with E-state index in [1.807, 2.05) is 26.0 Å². The van der Waals surface area contributed by atoms with E-state index >= 15 is 0 Å². The van der Waals surface area contributed by atoms with Gasteiger partial charge in [0.2, 0.25) is 0 Å². The third-order valence-corrected chi connectivity index (χ3v) is 3.54. The zero-order valence-electron chi connectivity index (χ0n) is 12.4. The molecule has 0 aliphatic heterocycles. The Balaban J connectivity index is 2.01. The van der Waals surface area contributed by atoms with Crippen LogP contribution in [0.3, 0.4) is 0 Å². The Labute approximate surface area is 128 Å². The van der Waals surface area contributed by atoms with Gasteiger partial charge in [-0.15, -0.1) is 0 Å². The van der Waals surface area contributed by atoms with Gasteiger partial charge in [-0.1, -0.05) is 18.2 Å². The first-order valence-corrected chi connectivity index (χ1v) is 7.01. The molecule has 0 amide bonds. The minimum atomic E-state index is -0.942. The van der Waals surface area contributed by atoms with Crippen LogP contribution in [0, 0.1) is 13.8 Å². The fraction of sp³-hybridized carbons (Fsp3) is 0.111. The van der Waals surface area contributed by atoms with E-state index in [1.54, 1.807) is 18.2 Å². The molecule has 0 spiro atoms. The molecule has 0 aliphatic carbocycles. The van der Waals surface area contributed by atoms with Crippen molar-refractivity contribution >= 4 is 28.4 Å². The number of hydrogen-bond donors (Lipinski definition) is 2. The number of carboxylic acid groups (broad SMARTS) is 1. The molecule has 3 aromatic rings. The third-order valence-electron chi connectivity index (χ3n) is 3.54. The monoisotopic (exact) mass is 292 g/mol. The Bertz CT molecular complexity index is 872. The minimum Gasteiger partial charge on any atom is -0.478 e. The Hall–Kier alpha value is -2.88. The SMILES string of the molecule is Cc1ccc2cc(C)c(Nc3cccc(C(=O)O)c3)nc2c1. The van der Waals surface area contributed by atoms with Gasteiger partial charge in [-0.2, -0.15) is 0 Å². The lowest BCUT2D eigenvalue weighted by molar-refractivity contribution is 0.0697. The minimum absolute atomic E-state index is 0.249. The van der Waals surface area contributed by atoms with Crippen molar-refractivity contribution in [1.29, 1.82) is 0 Å². The highest BCUT2D eigenvalue weighted by Crippen LogP contribution is 2.24. The van der Waals surface area contributed by atoms with Crippen molar-refractivity contribution in [2.45, 2.75) is 13.8 Å². The second-order valence-electron chi connectivity index (χ2n) is 5.36. The lowest BCUT2D eigenvalue weighted by Crippen LogP contribution is -2.00. The van der Waals surface area contributed by atoms with E-state index in [0.29, 0.717) is 5.69 Å². The molecule has 4 nitrogen and oxygen atoms in total. The molecule has 0 radical (unpaired) electrons. The van der Waals surface area contributed by atoms with Gasteiger partial charge in [0.1, 0.15) is 5.82 Å². The van der Waals surface area contributed by atoms with Crippen molar-refractivity contribution in [2.75, 3.05) is 5.32 Å². The maximum atomic E-state index is 11.0. The first kappa shape index (κ1) is 14.1. The number of aromatic carboxylic acids is 1. The van der Waals surface area contributed by atoms with Gasteiger partial charge < -0.3 is 10.4 Å². The number of fused-ring (bicyclic) bond motifs is 1. The normalized spacial score (nSPS) is 10.6. The van der Waals surface area contributed by atoms with Gasteiger partial charge >= 0.3 is 5.97 Å². The van der Waals surface area contributed by atoms with Crippen LogP contribution in [0.5, 0.6) is 0 Å². The van der Waals surface area contributed by atoms with E-state index in [0.717, 1.165) is 27.8 Å². The standard InChI is InChI=1S/C18H16N2O2/c1-11-6-7-13-9-12(2)17(20-16(13)8-11)19-15-5-3-4-14(10-15)18(21)22/h3-10H,1-2H3,(H,19,20)(H,21,22). The van der Waals surface area contributed by atoms with Crippen LogP contribution in [0.1, 0.15) is 21.5 Å². The molecule has 0 bridgehead atoms. The van der Waals surface area contributed by atoms with Crippen molar-refractivity contribution in [3.8, 4) is 0 Å². The number of pyridine rings is 1. The van der Waals surface area contributed by atoms with Crippen LogP contribution in [0.4, 0.5) is 11.5 Å². The Morgan fingerprint density at radius 2 is 1.91 bits per heavy atom. The number of nitrogens with one attached hydrogen (secondary N) is 1. The maximum absolute atomic E-state index is 11.0. The van der Waals surface area contributed by atoms with E-state index in [1.165, 1.54) is 0 Å². The largest absolute Gasteiger partial charge is 0.478 e. The summed E-state index contributed by atoms with van der Waals surface area (Å²) in [5.41, 5.74) is 4.05. The number of carbonyl (C=O) groups is 1. The van der Waals surface area contributed by atoms with Crippen molar-refractivity contribution in [3.05, 3.63) is 65.2 Å². The summed E-state index contributed by atoms with van der Waals surface area (Å²) in [7, 11) is 0. The summed E-state index contributed by atoms with van der Waals surface area (Å²) < 4.78 is 0. The summed E-state index contributed by atoms with van der Waals surface area (Å²) in [5, 5.41) is 13.4. The molecule has 0 aliphatic rings. The van der Waals surface area contributed by atoms with Crippen LogP contribution in [0.2, 0.25) is 0 Å². The average molecular weight is 292 g/mol. The molecular formula is C18H16N2O2. The molecule has 22 heavy (non-hydrogen) atoms. The molecule has 0 unspecified atom stereocenters. The summed E-state index contributed by atoms with van der Waals surface area (Å²) in [6.45, 7) is 4.01. The number of hydrogen-bond acceptors (Lipinski definition) is 3. The summed E-state index contributed by atoms with van der Waals surface area (Å²) in [5.74, 6) is -0.205. The van der Waals surface area contributed by atoms with Crippen molar-refractivity contribution in [1.82, 2.24) is 4.98 Å². The van der Waals surface area contributed by atoms with Gasteiger partial charge in [0.25, 0.3) is 0 Å². The van der Waals surface area contributed by atoms with Crippen molar-refractivity contribution in [2.24, 2.45) is 0 Å².